The van der Waals surface area contributed by atoms with Crippen molar-refractivity contribution in [3.63, 3.8) is 0 Å². The predicted molar refractivity (Wildman–Crippen MR) is 98.6 cm³/mol. The second-order valence-corrected chi connectivity index (χ2v) is 7.61. The molecule has 1 saturated carbocycles. The minimum Gasteiger partial charge on any atom is -0.493 e. The largest absolute Gasteiger partial charge is 0.493 e. The Balaban J connectivity index is 1.97. The number of methoxy groups -OCH3 is 2. The zero-order chi connectivity index (χ0) is 20.9. The molecule has 2 bridgehead atoms. The Morgan fingerprint density at radius 2 is 1.79 bits per heavy atom. The van der Waals surface area contributed by atoms with Crippen LogP contribution in [0.1, 0.15) is 37.4 Å². The van der Waals surface area contributed by atoms with E-state index in [0.717, 1.165) is 12.8 Å². The van der Waals surface area contributed by atoms with Gasteiger partial charge >= 0.3 is 0 Å². The number of benzene rings is 1. The average Bonchev–Trinajstić information content (AvgIpc) is 2.97. The maximum atomic E-state index is 10.2. The van der Waals surface area contributed by atoms with Crippen molar-refractivity contribution in [3.8, 4) is 29.7 Å². The van der Waals surface area contributed by atoms with Gasteiger partial charge in [0.25, 0.3) is 0 Å². The Labute approximate surface area is 168 Å². The molecule has 2 heterocycles. The van der Waals surface area contributed by atoms with Gasteiger partial charge in [0.1, 0.15) is 6.10 Å². The number of nitrogens with zero attached hydrogens (tertiary/aromatic N) is 3. The van der Waals surface area contributed by atoms with Gasteiger partial charge in [-0.15, -0.1) is 0 Å². The summed E-state index contributed by atoms with van der Waals surface area (Å²) in [6.45, 7) is 0. The molecular weight excluding hydrogens is 372 g/mol. The van der Waals surface area contributed by atoms with Crippen LogP contribution in [0.5, 0.6) is 11.5 Å². The number of hydrogen-bond acceptors (Lipinski definition) is 8. The van der Waals surface area contributed by atoms with Crippen LogP contribution < -0.4 is 9.47 Å². The van der Waals surface area contributed by atoms with Gasteiger partial charge in [0, 0.05) is 6.42 Å². The van der Waals surface area contributed by atoms with E-state index >= 15 is 0 Å². The molecule has 0 amide bonds. The van der Waals surface area contributed by atoms with Crippen LogP contribution in [0.25, 0.3) is 0 Å². The lowest BCUT2D eigenvalue weighted by molar-refractivity contribution is -0.294. The van der Waals surface area contributed by atoms with Crippen molar-refractivity contribution < 1.29 is 18.9 Å². The van der Waals surface area contributed by atoms with Crippen LogP contribution >= 0.6 is 0 Å². The summed E-state index contributed by atoms with van der Waals surface area (Å²) in [7, 11) is 3.00. The Kier molecular flexibility index (Phi) is 4.19. The van der Waals surface area contributed by atoms with Crippen LogP contribution in [0.3, 0.4) is 0 Å². The molecule has 4 rings (SSSR count). The van der Waals surface area contributed by atoms with Crippen LogP contribution in [0.4, 0.5) is 0 Å². The van der Waals surface area contributed by atoms with E-state index in [0.29, 0.717) is 29.9 Å². The molecule has 2 saturated heterocycles. The standard InChI is InChI=1S/C21H20N4O4/c1-26-14-7-6-13(9-15(14)27-2)17-19(10-22,11-23)20(12-24)16-5-3-4-8-21(16,28-17)29-18(20)25/h6-7,9,16-17,25H,3-5,8H2,1-2H3. The highest BCUT2D eigenvalue weighted by Crippen LogP contribution is 2.69. The first-order chi connectivity index (χ1) is 14.0. The van der Waals surface area contributed by atoms with Crippen LogP contribution in [-0.2, 0) is 9.47 Å². The summed E-state index contributed by atoms with van der Waals surface area (Å²) in [6.07, 6.45) is 1.61. The first kappa shape index (κ1) is 19.1. The van der Waals surface area contributed by atoms with Crippen LogP contribution in [0.2, 0.25) is 0 Å². The molecule has 0 spiro atoms. The first-order valence-electron chi connectivity index (χ1n) is 9.40. The molecule has 1 N–H and O–H groups in total. The normalized spacial score (nSPS) is 34.0. The molecule has 2 aliphatic heterocycles. The van der Waals surface area contributed by atoms with Crippen LogP contribution in [-0.4, -0.2) is 25.9 Å². The van der Waals surface area contributed by atoms with E-state index in [9.17, 15) is 15.8 Å². The highest BCUT2D eigenvalue weighted by molar-refractivity contribution is 5.89. The molecule has 148 valence electrons. The van der Waals surface area contributed by atoms with Crippen molar-refractivity contribution in [1.29, 1.82) is 21.2 Å². The summed E-state index contributed by atoms with van der Waals surface area (Å²) >= 11 is 0. The third-order valence-corrected chi connectivity index (χ3v) is 6.53. The van der Waals surface area contributed by atoms with E-state index in [1.165, 1.54) is 14.2 Å². The lowest BCUT2D eigenvalue weighted by Crippen LogP contribution is -2.60. The topological polar surface area (TPSA) is 132 Å². The molecule has 0 radical (unpaired) electrons. The summed E-state index contributed by atoms with van der Waals surface area (Å²) < 4.78 is 22.9. The fourth-order valence-corrected chi connectivity index (χ4v) is 5.18. The van der Waals surface area contributed by atoms with Gasteiger partial charge in [-0.25, -0.2) is 0 Å². The van der Waals surface area contributed by atoms with Gasteiger partial charge in [0.15, 0.2) is 16.9 Å². The summed E-state index contributed by atoms with van der Waals surface area (Å²) in [5.74, 6) is -1.17. The van der Waals surface area contributed by atoms with Crippen LogP contribution in [0, 0.1) is 56.2 Å². The smallest absolute Gasteiger partial charge is 0.217 e. The van der Waals surface area contributed by atoms with Gasteiger partial charge in [0.2, 0.25) is 17.1 Å². The van der Waals surface area contributed by atoms with Crippen molar-refractivity contribution in [2.45, 2.75) is 37.6 Å². The van der Waals surface area contributed by atoms with Crippen LogP contribution in [0.15, 0.2) is 18.2 Å². The summed E-state index contributed by atoms with van der Waals surface area (Å²) in [6, 6.07) is 11.3. The Morgan fingerprint density at radius 3 is 2.41 bits per heavy atom. The van der Waals surface area contributed by atoms with Crippen molar-refractivity contribution in [3.05, 3.63) is 23.8 Å². The predicted octanol–water partition coefficient (Wildman–Crippen LogP) is 3.21. The van der Waals surface area contributed by atoms with Gasteiger partial charge < -0.3 is 18.9 Å². The van der Waals surface area contributed by atoms with Gasteiger partial charge in [-0.1, -0.05) is 12.5 Å². The zero-order valence-electron chi connectivity index (χ0n) is 16.2. The first-order valence-corrected chi connectivity index (χ1v) is 9.40. The highest BCUT2D eigenvalue weighted by atomic mass is 16.7. The lowest BCUT2D eigenvalue weighted by Gasteiger charge is -2.51. The quantitative estimate of drug-likeness (QED) is 0.835. The SMILES string of the molecule is COc1ccc(C2OC34CCCCC3C(C#N)(C(=N)O4)C2(C#N)C#N)cc1OC. The third-order valence-electron chi connectivity index (χ3n) is 6.53. The monoisotopic (exact) mass is 392 g/mol. The number of hydrogen-bond donors (Lipinski definition) is 1. The van der Waals surface area contributed by atoms with Gasteiger partial charge in [-0.2, -0.15) is 15.8 Å². The third kappa shape index (κ3) is 2.11. The fraction of sp³-hybridized carbons (Fsp3) is 0.524. The highest BCUT2D eigenvalue weighted by Gasteiger charge is 2.80. The fourth-order valence-electron chi connectivity index (χ4n) is 5.18. The number of rotatable bonds is 3. The molecular formula is C21H20N4O4. The minimum atomic E-state index is -1.94. The average molecular weight is 392 g/mol. The van der Waals surface area contributed by atoms with Crippen molar-refractivity contribution in [1.82, 2.24) is 0 Å². The summed E-state index contributed by atoms with van der Waals surface area (Å²) in [4.78, 5) is 0. The van der Waals surface area contributed by atoms with Crippen molar-refractivity contribution >= 4 is 5.90 Å². The molecule has 29 heavy (non-hydrogen) atoms. The molecule has 0 aromatic heterocycles. The Bertz CT molecular complexity index is 989. The van der Waals surface area contributed by atoms with E-state index in [1.54, 1.807) is 18.2 Å². The van der Waals surface area contributed by atoms with Gasteiger partial charge in [0.05, 0.1) is 38.3 Å². The number of ether oxygens (including phenoxy) is 4. The molecule has 1 aromatic carbocycles. The summed E-state index contributed by atoms with van der Waals surface area (Å²) in [5.41, 5.74) is -3.15. The maximum Gasteiger partial charge on any atom is 0.217 e. The van der Waals surface area contributed by atoms with Crippen molar-refractivity contribution in [2.24, 2.45) is 16.7 Å². The molecule has 4 atom stereocenters. The molecule has 1 aliphatic carbocycles. The van der Waals surface area contributed by atoms with E-state index in [-0.39, 0.29) is 5.90 Å². The zero-order valence-corrected chi connectivity index (χ0v) is 16.2. The minimum absolute atomic E-state index is 0.349. The maximum absolute atomic E-state index is 10.2. The van der Waals surface area contributed by atoms with E-state index in [2.05, 4.69) is 18.2 Å². The van der Waals surface area contributed by atoms with Gasteiger partial charge in [-0.05, 0) is 30.5 Å². The number of nitrogens with one attached hydrogen (secondary N) is 1. The molecule has 1 aromatic rings. The Hall–Kier alpha value is -3.28. The van der Waals surface area contributed by atoms with E-state index < -0.39 is 28.6 Å². The molecule has 8 heteroatoms. The lowest BCUT2D eigenvalue weighted by atomic mass is 9.51. The second kappa shape index (κ2) is 6.37. The molecule has 8 nitrogen and oxygen atoms in total. The summed E-state index contributed by atoms with van der Waals surface area (Å²) in [5, 5.41) is 39.2. The number of nitriles is 3. The van der Waals surface area contributed by atoms with E-state index in [4.69, 9.17) is 24.4 Å². The second-order valence-electron chi connectivity index (χ2n) is 7.61. The van der Waals surface area contributed by atoms with Crippen molar-refractivity contribution in [2.75, 3.05) is 14.2 Å². The van der Waals surface area contributed by atoms with Gasteiger partial charge in [-0.3, -0.25) is 5.41 Å². The molecule has 3 aliphatic rings. The Morgan fingerprint density at radius 1 is 1.07 bits per heavy atom. The molecule has 4 unspecified atom stereocenters. The molecule has 3 fully saturated rings. The van der Waals surface area contributed by atoms with E-state index in [1.807, 2.05) is 0 Å².